The molecule has 2 atom stereocenters. The Hall–Kier alpha value is -4.23. The van der Waals surface area contributed by atoms with E-state index in [0.29, 0.717) is 35.5 Å². The van der Waals surface area contributed by atoms with Gasteiger partial charge in [0.1, 0.15) is 11.5 Å². The van der Waals surface area contributed by atoms with Crippen LogP contribution in [0.2, 0.25) is 0 Å². The number of nitrogens with zero attached hydrogens (tertiary/aromatic N) is 1. The molecule has 9 heteroatoms. The van der Waals surface area contributed by atoms with Crippen molar-refractivity contribution in [1.82, 2.24) is 5.06 Å². The maximum atomic E-state index is 14.2. The van der Waals surface area contributed by atoms with Crippen molar-refractivity contribution in [3.63, 3.8) is 0 Å². The first-order chi connectivity index (χ1) is 19.9. The van der Waals surface area contributed by atoms with E-state index in [4.69, 9.17) is 18.4 Å². The van der Waals surface area contributed by atoms with Gasteiger partial charge in [-0.15, -0.1) is 5.06 Å². The number of amides is 2. The summed E-state index contributed by atoms with van der Waals surface area (Å²) in [6.45, 7) is 2.10. The van der Waals surface area contributed by atoms with Gasteiger partial charge in [0.2, 0.25) is 0 Å². The van der Waals surface area contributed by atoms with Crippen LogP contribution in [0.15, 0.2) is 115 Å². The molecule has 0 spiro atoms. The summed E-state index contributed by atoms with van der Waals surface area (Å²) in [5, 5.41) is 0.816. The molecule has 1 heterocycles. The Morgan fingerprint density at radius 1 is 0.683 bits per heavy atom. The number of imide groups is 1. The van der Waals surface area contributed by atoms with E-state index in [2.05, 4.69) is 0 Å². The van der Waals surface area contributed by atoms with Crippen molar-refractivity contribution in [2.75, 3.05) is 6.61 Å². The fourth-order valence-corrected chi connectivity index (χ4v) is 6.05. The number of phosphoric ester groups is 1. The zero-order valence-corrected chi connectivity index (χ0v) is 23.4. The molecule has 0 aliphatic carbocycles. The van der Waals surface area contributed by atoms with Crippen molar-refractivity contribution in [2.24, 2.45) is 5.92 Å². The molecular formula is C32H30NO7P. The van der Waals surface area contributed by atoms with Crippen LogP contribution < -0.4 is 9.05 Å². The monoisotopic (exact) mass is 571 g/mol. The number of carbonyl (C=O) groups is 2. The quantitative estimate of drug-likeness (QED) is 0.0924. The van der Waals surface area contributed by atoms with Gasteiger partial charge in [-0.05, 0) is 60.7 Å². The summed E-state index contributed by atoms with van der Waals surface area (Å²) in [7, 11) is -4.17. The molecule has 0 bridgehead atoms. The van der Waals surface area contributed by atoms with Crippen LogP contribution in [0.25, 0.3) is 0 Å². The van der Waals surface area contributed by atoms with Crippen molar-refractivity contribution in [2.45, 2.75) is 25.9 Å². The summed E-state index contributed by atoms with van der Waals surface area (Å²) in [5.74, 6) is -0.418. The summed E-state index contributed by atoms with van der Waals surface area (Å²) in [5.41, 5.74) is 1.46. The topological polar surface area (TPSA) is 91.4 Å². The second kappa shape index (κ2) is 13.0. The molecule has 0 fully saturated rings. The summed E-state index contributed by atoms with van der Waals surface area (Å²) < 4.78 is 32.1. The second-order valence-corrected chi connectivity index (χ2v) is 11.1. The Morgan fingerprint density at radius 3 is 1.66 bits per heavy atom. The SMILES string of the molecule is CC(CCCON1C(=O)c2ccccc2C1=O)C(OP(=O)(Oc1ccccc1)Oc1ccccc1)c1ccccc1. The summed E-state index contributed by atoms with van der Waals surface area (Å²) in [4.78, 5) is 30.8. The van der Waals surface area contributed by atoms with E-state index >= 15 is 0 Å². The Balaban J connectivity index is 1.29. The Bertz CT molecular complexity index is 1430. The number of phosphoric acid groups is 1. The Kier molecular flexibility index (Phi) is 8.95. The zero-order chi connectivity index (χ0) is 28.7. The van der Waals surface area contributed by atoms with Gasteiger partial charge >= 0.3 is 7.82 Å². The van der Waals surface area contributed by atoms with Crippen LogP contribution in [0.4, 0.5) is 0 Å². The molecule has 8 nitrogen and oxygen atoms in total. The third-order valence-electron chi connectivity index (χ3n) is 6.59. The van der Waals surface area contributed by atoms with E-state index in [-0.39, 0.29) is 12.5 Å². The van der Waals surface area contributed by atoms with Crippen molar-refractivity contribution in [1.29, 1.82) is 0 Å². The minimum atomic E-state index is -4.17. The first-order valence-corrected chi connectivity index (χ1v) is 14.8. The van der Waals surface area contributed by atoms with Gasteiger partial charge in [0, 0.05) is 0 Å². The molecule has 41 heavy (non-hydrogen) atoms. The normalized spacial score (nSPS) is 14.4. The molecule has 210 valence electrons. The van der Waals surface area contributed by atoms with Crippen LogP contribution in [-0.4, -0.2) is 23.5 Å². The third kappa shape index (κ3) is 6.92. The highest BCUT2D eigenvalue weighted by Crippen LogP contribution is 2.54. The molecule has 1 aliphatic rings. The van der Waals surface area contributed by atoms with E-state index in [1.807, 2.05) is 49.4 Å². The molecular weight excluding hydrogens is 541 g/mol. The van der Waals surface area contributed by atoms with Gasteiger partial charge < -0.3 is 9.05 Å². The Morgan fingerprint density at radius 2 is 1.15 bits per heavy atom. The van der Waals surface area contributed by atoms with Gasteiger partial charge in [0.05, 0.1) is 23.8 Å². The van der Waals surface area contributed by atoms with Gasteiger partial charge in [0.15, 0.2) is 0 Å². The molecule has 0 aromatic heterocycles. The fourth-order valence-electron chi connectivity index (χ4n) is 4.55. The van der Waals surface area contributed by atoms with Crippen molar-refractivity contribution >= 4 is 19.6 Å². The van der Waals surface area contributed by atoms with E-state index < -0.39 is 25.7 Å². The van der Waals surface area contributed by atoms with Gasteiger partial charge in [-0.2, -0.15) is 0 Å². The van der Waals surface area contributed by atoms with Gasteiger partial charge in [0.25, 0.3) is 11.8 Å². The first kappa shape index (κ1) is 28.3. The molecule has 4 aromatic rings. The average Bonchev–Trinajstić information content (AvgIpc) is 3.24. The molecule has 1 aliphatic heterocycles. The zero-order valence-electron chi connectivity index (χ0n) is 22.5. The second-order valence-electron chi connectivity index (χ2n) is 9.60. The standard InChI is InChI=1S/C32H30NO7P/c1-24(14-13-23-37-33-31(34)28-21-11-12-22-29(28)32(33)35)30(25-15-5-2-6-16-25)40-41(36,38-26-17-7-3-8-18-26)39-27-19-9-4-10-20-27/h2-12,15-22,24,30H,13-14,23H2,1H3. The number of hydrogen-bond acceptors (Lipinski definition) is 7. The molecule has 2 unspecified atom stereocenters. The number of hydroxylamine groups is 2. The number of rotatable bonds is 13. The largest absolute Gasteiger partial charge is 0.588 e. The van der Waals surface area contributed by atoms with Gasteiger partial charge in [-0.3, -0.25) is 19.0 Å². The molecule has 2 amide bonds. The van der Waals surface area contributed by atoms with Crippen LogP contribution in [0, 0.1) is 5.92 Å². The van der Waals surface area contributed by atoms with E-state index in [9.17, 15) is 14.2 Å². The van der Waals surface area contributed by atoms with Crippen molar-refractivity contribution in [3.05, 3.63) is 132 Å². The minimum Gasteiger partial charge on any atom is -0.395 e. The molecule has 0 saturated heterocycles. The van der Waals surface area contributed by atoms with Crippen molar-refractivity contribution in [3.8, 4) is 11.5 Å². The number of para-hydroxylation sites is 2. The molecule has 0 saturated carbocycles. The maximum absolute atomic E-state index is 14.2. The van der Waals surface area contributed by atoms with Crippen LogP contribution in [-0.2, 0) is 13.9 Å². The van der Waals surface area contributed by atoms with Crippen LogP contribution in [0.1, 0.15) is 52.1 Å². The molecule has 5 rings (SSSR count). The third-order valence-corrected chi connectivity index (χ3v) is 7.94. The van der Waals surface area contributed by atoms with Gasteiger partial charge in [-0.1, -0.05) is 85.8 Å². The summed E-state index contributed by atoms with van der Waals surface area (Å²) >= 11 is 0. The maximum Gasteiger partial charge on any atom is 0.588 e. The minimum absolute atomic E-state index is 0.135. The first-order valence-electron chi connectivity index (χ1n) is 13.4. The lowest BCUT2D eigenvalue weighted by atomic mass is 9.93. The highest BCUT2D eigenvalue weighted by atomic mass is 31.2. The summed E-state index contributed by atoms with van der Waals surface area (Å²) in [6, 6.07) is 33.5. The fraction of sp³-hybridized carbons (Fsp3) is 0.188. The predicted molar refractivity (Wildman–Crippen MR) is 153 cm³/mol. The van der Waals surface area contributed by atoms with Crippen LogP contribution in [0.3, 0.4) is 0 Å². The smallest absolute Gasteiger partial charge is 0.395 e. The molecule has 0 radical (unpaired) electrons. The predicted octanol–water partition coefficient (Wildman–Crippen LogP) is 7.65. The highest BCUT2D eigenvalue weighted by molar-refractivity contribution is 7.49. The van der Waals surface area contributed by atoms with Crippen molar-refractivity contribution < 1.29 is 32.6 Å². The number of hydrogen-bond donors (Lipinski definition) is 0. The molecule has 4 aromatic carbocycles. The van der Waals surface area contributed by atoms with Crippen LogP contribution in [0.5, 0.6) is 11.5 Å². The number of fused-ring (bicyclic) bond motifs is 1. The summed E-state index contributed by atoms with van der Waals surface area (Å²) in [6.07, 6.45) is 0.415. The number of carbonyl (C=O) groups excluding carboxylic acids is 2. The Labute approximate surface area is 239 Å². The van der Waals surface area contributed by atoms with E-state index in [0.717, 1.165) is 10.6 Å². The van der Waals surface area contributed by atoms with E-state index in [1.165, 1.54) is 0 Å². The molecule has 0 N–H and O–H groups in total. The lowest BCUT2D eigenvalue weighted by Gasteiger charge is -2.28. The lowest BCUT2D eigenvalue weighted by molar-refractivity contribution is -0.0933. The van der Waals surface area contributed by atoms with Gasteiger partial charge in [-0.25, -0.2) is 4.57 Å². The van der Waals surface area contributed by atoms with E-state index in [1.54, 1.807) is 72.8 Å². The highest BCUT2D eigenvalue weighted by Gasteiger charge is 2.38. The number of benzene rings is 4. The van der Waals surface area contributed by atoms with Crippen LogP contribution >= 0.6 is 7.82 Å². The lowest BCUT2D eigenvalue weighted by Crippen LogP contribution is -2.30. The average molecular weight is 572 g/mol.